The first-order valence-electron chi connectivity index (χ1n) is 9.59. The smallest absolute Gasteiger partial charge is 0.226 e. The highest BCUT2D eigenvalue weighted by atomic mass is 32.2. The molecule has 160 valence electrons. The van der Waals surface area contributed by atoms with E-state index >= 15 is 0 Å². The number of amides is 1. The summed E-state index contributed by atoms with van der Waals surface area (Å²) >= 11 is 0. The lowest BCUT2D eigenvalue weighted by Crippen LogP contribution is -2.41. The van der Waals surface area contributed by atoms with Gasteiger partial charge in [-0.15, -0.1) is 0 Å². The molecular formula is C21H21F3N2O3S. The van der Waals surface area contributed by atoms with Crippen LogP contribution in [0.3, 0.4) is 0 Å². The first kappa shape index (κ1) is 20.9. The molecule has 2 aliphatic rings. The van der Waals surface area contributed by atoms with Crippen LogP contribution in [0.4, 0.5) is 13.2 Å². The van der Waals surface area contributed by atoms with Crippen LogP contribution in [0.15, 0.2) is 42.5 Å². The molecule has 0 radical (unpaired) electrons. The van der Waals surface area contributed by atoms with Gasteiger partial charge >= 0.3 is 0 Å². The Hall–Kier alpha value is -2.39. The van der Waals surface area contributed by atoms with Gasteiger partial charge in [-0.1, -0.05) is 30.3 Å². The highest BCUT2D eigenvalue weighted by Gasteiger charge is 2.49. The zero-order valence-electron chi connectivity index (χ0n) is 16.2. The SMILES string of the molecule is CS(=O)(=O)NC1CN(C(=O)C2CC2c2ccccc2-c2c(F)cccc2F)CC1F. The van der Waals surface area contributed by atoms with Crippen LogP contribution in [0.5, 0.6) is 0 Å². The van der Waals surface area contributed by atoms with E-state index in [1.54, 1.807) is 24.3 Å². The lowest BCUT2D eigenvalue weighted by molar-refractivity contribution is -0.131. The maximum atomic E-state index is 14.3. The average Bonchev–Trinajstić information content (AvgIpc) is 3.38. The Kier molecular flexibility index (Phi) is 5.36. The van der Waals surface area contributed by atoms with E-state index in [1.807, 2.05) is 0 Å². The standard InChI is InChI=1S/C21H21F3N2O3S/c1-30(28,29)25-19-11-26(10-18(19)24)21(27)15-9-14(15)12-5-2-3-6-13(12)20-16(22)7-4-8-17(20)23/h2-8,14-15,18-19,25H,9-11H2,1H3. The van der Waals surface area contributed by atoms with Crippen molar-refractivity contribution in [2.75, 3.05) is 19.3 Å². The molecule has 2 aromatic rings. The van der Waals surface area contributed by atoms with E-state index in [0.29, 0.717) is 17.5 Å². The number of nitrogens with one attached hydrogen (secondary N) is 1. The van der Waals surface area contributed by atoms with Crippen LogP contribution in [0, 0.1) is 17.6 Å². The minimum Gasteiger partial charge on any atom is -0.338 e. The summed E-state index contributed by atoms with van der Waals surface area (Å²) in [5.74, 6) is -2.29. The molecule has 1 aliphatic carbocycles. The van der Waals surface area contributed by atoms with Gasteiger partial charge in [0, 0.05) is 12.5 Å². The molecule has 2 fully saturated rings. The number of carbonyl (C=O) groups is 1. The van der Waals surface area contributed by atoms with Crippen molar-refractivity contribution in [3.63, 3.8) is 0 Å². The van der Waals surface area contributed by atoms with E-state index in [-0.39, 0.29) is 30.5 Å². The molecule has 1 heterocycles. The Balaban J connectivity index is 1.53. The molecule has 0 aromatic heterocycles. The highest BCUT2D eigenvalue weighted by molar-refractivity contribution is 7.88. The second-order valence-corrected chi connectivity index (χ2v) is 9.67. The number of likely N-dealkylation sites (tertiary alicyclic amines) is 1. The van der Waals surface area contributed by atoms with Gasteiger partial charge in [-0.3, -0.25) is 4.79 Å². The van der Waals surface area contributed by atoms with Crippen molar-refractivity contribution >= 4 is 15.9 Å². The van der Waals surface area contributed by atoms with E-state index in [2.05, 4.69) is 4.72 Å². The second kappa shape index (κ2) is 7.70. The van der Waals surface area contributed by atoms with Crippen molar-refractivity contribution in [3.8, 4) is 11.1 Å². The Morgan fingerprint density at radius 1 is 1.07 bits per heavy atom. The topological polar surface area (TPSA) is 66.5 Å². The predicted octanol–water partition coefficient (Wildman–Crippen LogP) is 2.83. The molecule has 30 heavy (non-hydrogen) atoms. The number of halogens is 3. The van der Waals surface area contributed by atoms with Crippen molar-refractivity contribution in [2.45, 2.75) is 24.6 Å². The van der Waals surface area contributed by atoms with Crippen LogP contribution in [0.1, 0.15) is 17.9 Å². The number of sulfonamides is 1. The molecule has 1 saturated carbocycles. The van der Waals surface area contributed by atoms with Gasteiger partial charge in [-0.25, -0.2) is 26.3 Å². The van der Waals surface area contributed by atoms with Gasteiger partial charge in [0.15, 0.2) is 0 Å². The fraction of sp³-hybridized carbons (Fsp3) is 0.381. The first-order valence-corrected chi connectivity index (χ1v) is 11.5. The third-order valence-electron chi connectivity index (χ3n) is 5.63. The number of carbonyl (C=O) groups excluding carboxylic acids is 1. The summed E-state index contributed by atoms with van der Waals surface area (Å²) in [4.78, 5) is 14.2. The normalized spacial score (nSPS) is 26.1. The third kappa shape index (κ3) is 4.09. The lowest BCUT2D eigenvalue weighted by atomic mass is 9.95. The van der Waals surface area contributed by atoms with Crippen molar-refractivity contribution < 1.29 is 26.4 Å². The van der Waals surface area contributed by atoms with Gasteiger partial charge in [-0.05, 0) is 35.6 Å². The number of rotatable bonds is 5. The Labute approximate surface area is 172 Å². The second-order valence-electron chi connectivity index (χ2n) is 7.89. The monoisotopic (exact) mass is 438 g/mol. The number of nitrogens with zero attached hydrogens (tertiary/aromatic N) is 1. The van der Waals surface area contributed by atoms with Crippen LogP contribution in [0.2, 0.25) is 0 Å². The summed E-state index contributed by atoms with van der Waals surface area (Å²) in [6.45, 7) is -0.224. The molecule has 4 atom stereocenters. The zero-order valence-corrected chi connectivity index (χ0v) is 17.0. The summed E-state index contributed by atoms with van der Waals surface area (Å²) in [6.07, 6.45) is -0.0515. The number of benzene rings is 2. The molecule has 1 N–H and O–H groups in total. The quantitative estimate of drug-likeness (QED) is 0.781. The van der Waals surface area contributed by atoms with E-state index in [4.69, 9.17) is 0 Å². The number of alkyl halides is 1. The summed E-state index contributed by atoms with van der Waals surface area (Å²) in [7, 11) is -3.59. The van der Waals surface area contributed by atoms with Crippen LogP contribution < -0.4 is 4.72 Å². The fourth-order valence-electron chi connectivity index (χ4n) is 4.18. The van der Waals surface area contributed by atoms with Crippen LogP contribution in [-0.2, 0) is 14.8 Å². The largest absolute Gasteiger partial charge is 0.338 e. The minimum absolute atomic E-state index is 0.0418. The lowest BCUT2D eigenvalue weighted by Gasteiger charge is -2.17. The van der Waals surface area contributed by atoms with Gasteiger partial charge in [0.25, 0.3) is 0 Å². The molecular weight excluding hydrogens is 417 g/mol. The van der Waals surface area contributed by atoms with Crippen molar-refractivity contribution in [1.82, 2.24) is 9.62 Å². The third-order valence-corrected chi connectivity index (χ3v) is 6.36. The predicted molar refractivity (Wildman–Crippen MR) is 106 cm³/mol. The number of hydrogen-bond acceptors (Lipinski definition) is 3. The van der Waals surface area contributed by atoms with Crippen LogP contribution in [-0.4, -0.2) is 50.8 Å². The molecule has 1 amide bonds. The zero-order chi connectivity index (χ0) is 21.6. The highest BCUT2D eigenvalue weighted by Crippen LogP contribution is 2.51. The Morgan fingerprint density at radius 2 is 1.73 bits per heavy atom. The van der Waals surface area contributed by atoms with Crippen molar-refractivity contribution in [3.05, 3.63) is 59.7 Å². The fourth-order valence-corrected chi connectivity index (χ4v) is 4.95. The molecule has 1 aliphatic heterocycles. The van der Waals surface area contributed by atoms with E-state index in [1.165, 1.54) is 23.1 Å². The van der Waals surface area contributed by atoms with Gasteiger partial charge < -0.3 is 4.90 Å². The van der Waals surface area contributed by atoms with Gasteiger partial charge in [0.2, 0.25) is 15.9 Å². The van der Waals surface area contributed by atoms with Gasteiger partial charge in [-0.2, -0.15) is 0 Å². The molecule has 0 bridgehead atoms. The maximum absolute atomic E-state index is 14.3. The summed E-state index contributed by atoms with van der Waals surface area (Å²) in [5.41, 5.74) is 0.935. The molecule has 4 rings (SSSR count). The van der Waals surface area contributed by atoms with E-state index in [9.17, 15) is 26.4 Å². The molecule has 1 saturated heterocycles. The van der Waals surface area contributed by atoms with Crippen molar-refractivity contribution in [1.29, 1.82) is 0 Å². The molecule has 0 spiro atoms. The minimum atomic E-state index is -3.59. The Bertz CT molecular complexity index is 1070. The van der Waals surface area contributed by atoms with Crippen LogP contribution in [0.25, 0.3) is 11.1 Å². The summed E-state index contributed by atoms with van der Waals surface area (Å²) < 4.78 is 67.8. The van der Waals surface area contributed by atoms with Gasteiger partial charge in [0.1, 0.15) is 17.8 Å². The Morgan fingerprint density at radius 3 is 2.40 bits per heavy atom. The molecule has 2 aromatic carbocycles. The summed E-state index contributed by atoms with van der Waals surface area (Å²) in [5, 5.41) is 0. The average molecular weight is 438 g/mol. The van der Waals surface area contributed by atoms with Gasteiger partial charge in [0.05, 0.1) is 24.4 Å². The summed E-state index contributed by atoms with van der Waals surface area (Å²) in [6, 6.07) is 9.49. The molecule has 5 nitrogen and oxygen atoms in total. The molecule has 4 unspecified atom stereocenters. The molecule has 9 heteroatoms. The van der Waals surface area contributed by atoms with E-state index in [0.717, 1.165) is 6.26 Å². The maximum Gasteiger partial charge on any atom is 0.226 e. The van der Waals surface area contributed by atoms with Crippen LogP contribution >= 0.6 is 0 Å². The van der Waals surface area contributed by atoms with E-state index < -0.39 is 39.8 Å². The van der Waals surface area contributed by atoms with Crippen molar-refractivity contribution in [2.24, 2.45) is 5.92 Å². The first-order chi connectivity index (χ1) is 14.2. The number of hydrogen-bond donors (Lipinski definition) is 1.